The smallest absolute Gasteiger partial charge is 0.344 e. The van der Waals surface area contributed by atoms with Gasteiger partial charge in [-0.05, 0) is 38.5 Å². The predicted octanol–water partition coefficient (Wildman–Crippen LogP) is 2.55. The number of hydrogen-bond acceptors (Lipinski definition) is 4. The number of carbonyl (C=O) groups is 1. The van der Waals surface area contributed by atoms with Gasteiger partial charge in [-0.1, -0.05) is 12.1 Å². The number of ether oxygens (including phenoxy) is 3. The van der Waals surface area contributed by atoms with E-state index in [-0.39, 0.29) is 12.6 Å². The molecule has 0 spiro atoms. The monoisotopic (exact) mass is 252 g/mol. The first-order valence-corrected chi connectivity index (χ1v) is 5.83. The molecule has 0 amide bonds. The Bertz CT molecular complexity index is 393. The van der Waals surface area contributed by atoms with Crippen LogP contribution in [-0.4, -0.2) is 25.3 Å². The summed E-state index contributed by atoms with van der Waals surface area (Å²) in [4.78, 5) is 11.5. The van der Waals surface area contributed by atoms with Crippen molar-refractivity contribution in [3.8, 4) is 5.75 Å². The van der Waals surface area contributed by atoms with Crippen molar-refractivity contribution >= 4 is 5.97 Å². The third-order valence-electron chi connectivity index (χ3n) is 1.99. The molecule has 0 radical (unpaired) electrons. The zero-order valence-electron chi connectivity index (χ0n) is 11.4. The molecule has 0 aliphatic heterocycles. The van der Waals surface area contributed by atoms with E-state index in [4.69, 9.17) is 14.2 Å². The average molecular weight is 252 g/mol. The van der Waals surface area contributed by atoms with E-state index in [9.17, 15) is 4.79 Å². The molecule has 1 rings (SSSR count). The molecule has 0 saturated carbocycles. The zero-order chi connectivity index (χ0) is 13.6. The molecule has 4 nitrogen and oxygen atoms in total. The lowest BCUT2D eigenvalue weighted by Crippen LogP contribution is -2.27. The molecule has 0 unspecified atom stereocenters. The second-order valence-electron chi connectivity index (χ2n) is 4.96. The van der Waals surface area contributed by atoms with Crippen molar-refractivity contribution < 1.29 is 19.0 Å². The second kappa shape index (κ2) is 6.40. The van der Waals surface area contributed by atoms with Gasteiger partial charge in [-0.2, -0.15) is 0 Å². The standard InChI is InChI=1S/C14H20O4/c1-14(2,3)18-13(15)10-17-12-7-5-6-11(8-12)9-16-4/h5-8H,9-10H2,1-4H3. The van der Waals surface area contributed by atoms with Crippen molar-refractivity contribution in [2.24, 2.45) is 0 Å². The number of methoxy groups -OCH3 is 1. The zero-order valence-corrected chi connectivity index (χ0v) is 11.4. The maximum atomic E-state index is 11.5. The minimum Gasteiger partial charge on any atom is -0.482 e. The first-order valence-electron chi connectivity index (χ1n) is 5.83. The van der Waals surface area contributed by atoms with Gasteiger partial charge >= 0.3 is 5.97 Å². The van der Waals surface area contributed by atoms with Crippen molar-refractivity contribution in [3.05, 3.63) is 29.8 Å². The van der Waals surface area contributed by atoms with E-state index in [1.807, 2.05) is 39.0 Å². The summed E-state index contributed by atoms with van der Waals surface area (Å²) in [6.45, 7) is 5.90. The van der Waals surface area contributed by atoms with E-state index >= 15 is 0 Å². The molecule has 0 heterocycles. The van der Waals surface area contributed by atoms with Gasteiger partial charge < -0.3 is 14.2 Å². The molecule has 0 bridgehead atoms. The molecule has 100 valence electrons. The van der Waals surface area contributed by atoms with E-state index in [0.717, 1.165) is 5.56 Å². The Morgan fingerprint density at radius 3 is 2.61 bits per heavy atom. The Balaban J connectivity index is 2.48. The maximum absolute atomic E-state index is 11.5. The first-order chi connectivity index (χ1) is 8.40. The molecule has 1 aromatic rings. The number of esters is 1. The van der Waals surface area contributed by atoms with Gasteiger partial charge in [0, 0.05) is 7.11 Å². The van der Waals surface area contributed by atoms with Crippen LogP contribution in [0.25, 0.3) is 0 Å². The summed E-state index contributed by atoms with van der Waals surface area (Å²) in [5.41, 5.74) is 0.511. The predicted molar refractivity (Wildman–Crippen MR) is 68.5 cm³/mol. The Kier molecular flexibility index (Phi) is 5.16. The lowest BCUT2D eigenvalue weighted by Gasteiger charge is -2.19. The molecular weight excluding hydrogens is 232 g/mol. The topological polar surface area (TPSA) is 44.8 Å². The molecule has 1 aromatic carbocycles. The molecule has 0 saturated heterocycles. The van der Waals surface area contributed by atoms with E-state index in [1.54, 1.807) is 13.2 Å². The molecule has 0 aromatic heterocycles. The Morgan fingerprint density at radius 1 is 1.28 bits per heavy atom. The molecule has 18 heavy (non-hydrogen) atoms. The van der Waals surface area contributed by atoms with E-state index in [0.29, 0.717) is 12.4 Å². The highest BCUT2D eigenvalue weighted by Gasteiger charge is 2.16. The molecule has 0 fully saturated rings. The van der Waals surface area contributed by atoms with Crippen molar-refractivity contribution in [2.75, 3.05) is 13.7 Å². The highest BCUT2D eigenvalue weighted by atomic mass is 16.6. The fourth-order valence-corrected chi connectivity index (χ4v) is 1.40. The number of carbonyl (C=O) groups excluding carboxylic acids is 1. The Labute approximate surface area is 108 Å². The summed E-state index contributed by atoms with van der Waals surface area (Å²) in [6.07, 6.45) is 0. The molecule has 0 N–H and O–H groups in total. The van der Waals surface area contributed by atoms with Crippen molar-refractivity contribution in [2.45, 2.75) is 33.0 Å². The largest absolute Gasteiger partial charge is 0.482 e. The van der Waals surface area contributed by atoms with Gasteiger partial charge in [0.15, 0.2) is 6.61 Å². The van der Waals surface area contributed by atoms with Crippen LogP contribution >= 0.6 is 0 Å². The van der Waals surface area contributed by atoms with Crippen LogP contribution in [-0.2, 0) is 20.9 Å². The van der Waals surface area contributed by atoms with Gasteiger partial charge in [0.2, 0.25) is 0 Å². The molecule has 0 aliphatic rings. The Morgan fingerprint density at radius 2 is 2.00 bits per heavy atom. The van der Waals surface area contributed by atoms with Crippen molar-refractivity contribution in [1.82, 2.24) is 0 Å². The van der Waals surface area contributed by atoms with Gasteiger partial charge in [0.1, 0.15) is 11.4 Å². The number of benzene rings is 1. The first kappa shape index (κ1) is 14.5. The summed E-state index contributed by atoms with van der Waals surface area (Å²) >= 11 is 0. The van der Waals surface area contributed by atoms with Crippen LogP contribution in [0.15, 0.2) is 24.3 Å². The summed E-state index contributed by atoms with van der Waals surface area (Å²) in [5, 5.41) is 0. The summed E-state index contributed by atoms with van der Waals surface area (Å²) < 4.78 is 15.5. The minimum atomic E-state index is -0.488. The third kappa shape index (κ3) is 5.68. The fourth-order valence-electron chi connectivity index (χ4n) is 1.40. The average Bonchev–Trinajstić information content (AvgIpc) is 2.25. The van der Waals surface area contributed by atoms with E-state index < -0.39 is 5.60 Å². The maximum Gasteiger partial charge on any atom is 0.344 e. The lowest BCUT2D eigenvalue weighted by atomic mass is 10.2. The van der Waals surface area contributed by atoms with Crippen LogP contribution < -0.4 is 4.74 Å². The van der Waals surface area contributed by atoms with Gasteiger partial charge in [-0.3, -0.25) is 0 Å². The van der Waals surface area contributed by atoms with Gasteiger partial charge in [-0.25, -0.2) is 4.79 Å². The number of hydrogen-bond donors (Lipinski definition) is 0. The van der Waals surface area contributed by atoms with E-state index in [1.165, 1.54) is 0 Å². The minimum absolute atomic E-state index is 0.0896. The molecule has 4 heteroatoms. The second-order valence-corrected chi connectivity index (χ2v) is 4.96. The van der Waals surface area contributed by atoms with Gasteiger partial charge in [0.25, 0.3) is 0 Å². The van der Waals surface area contributed by atoms with Crippen molar-refractivity contribution in [1.29, 1.82) is 0 Å². The molecule has 0 atom stereocenters. The highest BCUT2D eigenvalue weighted by Crippen LogP contribution is 2.14. The number of rotatable bonds is 5. The summed E-state index contributed by atoms with van der Waals surface area (Å²) in [6, 6.07) is 7.43. The lowest BCUT2D eigenvalue weighted by molar-refractivity contribution is -0.157. The van der Waals surface area contributed by atoms with Crippen LogP contribution in [0.4, 0.5) is 0 Å². The fraction of sp³-hybridized carbons (Fsp3) is 0.500. The quantitative estimate of drug-likeness (QED) is 0.755. The molecular formula is C14H20O4. The highest BCUT2D eigenvalue weighted by molar-refractivity contribution is 5.71. The normalized spacial score (nSPS) is 11.1. The van der Waals surface area contributed by atoms with Crippen LogP contribution in [0.2, 0.25) is 0 Å². The third-order valence-corrected chi connectivity index (χ3v) is 1.99. The van der Waals surface area contributed by atoms with Crippen LogP contribution in [0.3, 0.4) is 0 Å². The summed E-state index contributed by atoms with van der Waals surface area (Å²) in [7, 11) is 1.63. The molecule has 0 aliphatic carbocycles. The van der Waals surface area contributed by atoms with Crippen LogP contribution in [0.5, 0.6) is 5.75 Å². The van der Waals surface area contributed by atoms with Gasteiger partial charge in [0.05, 0.1) is 6.61 Å². The van der Waals surface area contributed by atoms with Crippen LogP contribution in [0.1, 0.15) is 26.3 Å². The van der Waals surface area contributed by atoms with Gasteiger partial charge in [-0.15, -0.1) is 0 Å². The van der Waals surface area contributed by atoms with Crippen molar-refractivity contribution in [3.63, 3.8) is 0 Å². The van der Waals surface area contributed by atoms with E-state index in [2.05, 4.69) is 0 Å². The summed E-state index contributed by atoms with van der Waals surface area (Å²) in [5.74, 6) is 0.259. The van der Waals surface area contributed by atoms with Crippen LogP contribution in [0, 0.1) is 0 Å². The Hall–Kier alpha value is -1.55. The SMILES string of the molecule is COCc1cccc(OCC(=O)OC(C)(C)C)c1.